The molecule has 0 aromatic carbocycles. The van der Waals surface area contributed by atoms with E-state index in [9.17, 15) is 13.6 Å². The Morgan fingerprint density at radius 2 is 2.17 bits per heavy atom. The largest absolute Gasteiger partial charge is 0.345 e. The molecule has 0 aliphatic heterocycles. The quantitative estimate of drug-likeness (QED) is 0.823. The summed E-state index contributed by atoms with van der Waals surface area (Å²) in [5.74, 6) is 0.0250. The summed E-state index contributed by atoms with van der Waals surface area (Å²) in [6, 6.07) is -0.0504. The number of anilines is 1. The Bertz CT molecular complexity index is 433. The van der Waals surface area contributed by atoms with Crippen LogP contribution in [-0.4, -0.2) is 35.6 Å². The highest BCUT2D eigenvalue weighted by Gasteiger charge is 2.17. The van der Waals surface area contributed by atoms with Gasteiger partial charge >= 0.3 is 0 Å². The molecule has 0 bridgehead atoms. The lowest BCUT2D eigenvalue weighted by molar-refractivity contribution is 0.154. The molecule has 7 heteroatoms. The standard InChI is InChI=1S/C11H18F2N4O/c1-8(2)17-6-4-15-10(11(17)18)16(5-3-14)7-9(12)13/h4,6,8-9H,3,5,7,14H2,1-2H3. The van der Waals surface area contributed by atoms with E-state index in [-0.39, 0.29) is 30.5 Å². The molecule has 0 saturated heterocycles. The van der Waals surface area contributed by atoms with Gasteiger partial charge in [-0.15, -0.1) is 0 Å². The van der Waals surface area contributed by atoms with Crippen molar-refractivity contribution >= 4 is 5.82 Å². The molecular formula is C11H18F2N4O. The summed E-state index contributed by atoms with van der Waals surface area (Å²) < 4.78 is 26.4. The van der Waals surface area contributed by atoms with Crippen LogP contribution >= 0.6 is 0 Å². The molecular weight excluding hydrogens is 242 g/mol. The minimum absolute atomic E-state index is 0.0250. The van der Waals surface area contributed by atoms with Crippen LogP contribution in [0, 0.1) is 0 Å². The third-order valence-corrected chi connectivity index (χ3v) is 2.46. The molecule has 1 rings (SSSR count). The predicted octanol–water partition coefficient (Wildman–Crippen LogP) is 0.854. The van der Waals surface area contributed by atoms with Crippen molar-refractivity contribution < 1.29 is 8.78 Å². The molecule has 1 aromatic heterocycles. The van der Waals surface area contributed by atoms with Gasteiger partial charge in [-0.25, -0.2) is 13.8 Å². The second kappa shape index (κ2) is 6.44. The number of rotatable bonds is 6. The average Bonchev–Trinajstić information content (AvgIpc) is 2.27. The van der Waals surface area contributed by atoms with Gasteiger partial charge in [0, 0.05) is 31.5 Å². The first-order chi connectivity index (χ1) is 8.47. The van der Waals surface area contributed by atoms with Gasteiger partial charge in [0.15, 0.2) is 5.82 Å². The first kappa shape index (κ1) is 14.6. The Morgan fingerprint density at radius 1 is 1.50 bits per heavy atom. The van der Waals surface area contributed by atoms with Crippen molar-refractivity contribution in [3.05, 3.63) is 22.7 Å². The zero-order valence-electron chi connectivity index (χ0n) is 10.5. The van der Waals surface area contributed by atoms with E-state index in [0.717, 1.165) is 0 Å². The molecule has 0 radical (unpaired) electrons. The van der Waals surface area contributed by atoms with Crippen molar-refractivity contribution in [3.63, 3.8) is 0 Å². The van der Waals surface area contributed by atoms with Crippen LogP contribution in [0.5, 0.6) is 0 Å². The van der Waals surface area contributed by atoms with Crippen LogP contribution in [0.1, 0.15) is 19.9 Å². The smallest absolute Gasteiger partial charge is 0.293 e. The summed E-state index contributed by atoms with van der Waals surface area (Å²) in [4.78, 5) is 17.2. The number of hydrogen-bond acceptors (Lipinski definition) is 4. The van der Waals surface area contributed by atoms with Gasteiger partial charge in [-0.1, -0.05) is 0 Å². The molecule has 102 valence electrons. The highest BCUT2D eigenvalue weighted by molar-refractivity contribution is 5.35. The molecule has 0 atom stereocenters. The van der Waals surface area contributed by atoms with Gasteiger partial charge < -0.3 is 15.2 Å². The second-order valence-corrected chi connectivity index (χ2v) is 4.18. The molecule has 2 N–H and O–H groups in total. The Hall–Kier alpha value is -1.50. The fraction of sp³-hybridized carbons (Fsp3) is 0.636. The van der Waals surface area contributed by atoms with Gasteiger partial charge in [-0.2, -0.15) is 0 Å². The summed E-state index contributed by atoms with van der Waals surface area (Å²) in [7, 11) is 0. The molecule has 1 aromatic rings. The summed E-state index contributed by atoms with van der Waals surface area (Å²) in [6.45, 7) is 3.50. The van der Waals surface area contributed by atoms with E-state index in [1.165, 1.54) is 15.7 Å². The number of halogens is 2. The fourth-order valence-corrected chi connectivity index (χ4v) is 1.64. The van der Waals surface area contributed by atoms with Gasteiger partial charge in [0.1, 0.15) is 0 Å². The van der Waals surface area contributed by atoms with E-state index < -0.39 is 13.0 Å². The predicted molar refractivity (Wildman–Crippen MR) is 66.2 cm³/mol. The SMILES string of the molecule is CC(C)n1ccnc(N(CCN)CC(F)F)c1=O. The van der Waals surface area contributed by atoms with Gasteiger partial charge in [0.05, 0.1) is 6.54 Å². The number of nitrogens with zero attached hydrogens (tertiary/aromatic N) is 3. The average molecular weight is 260 g/mol. The maximum absolute atomic E-state index is 12.5. The van der Waals surface area contributed by atoms with E-state index in [1.807, 2.05) is 13.8 Å². The zero-order valence-corrected chi connectivity index (χ0v) is 10.5. The molecule has 0 aliphatic rings. The van der Waals surface area contributed by atoms with Crippen LogP contribution in [0.2, 0.25) is 0 Å². The maximum Gasteiger partial charge on any atom is 0.293 e. The summed E-state index contributed by atoms with van der Waals surface area (Å²) in [5.41, 5.74) is 4.99. The molecule has 0 saturated carbocycles. The monoisotopic (exact) mass is 260 g/mol. The second-order valence-electron chi connectivity index (χ2n) is 4.18. The lowest BCUT2D eigenvalue weighted by Crippen LogP contribution is -2.39. The lowest BCUT2D eigenvalue weighted by Gasteiger charge is -2.23. The van der Waals surface area contributed by atoms with Crippen LogP contribution < -0.4 is 16.2 Å². The van der Waals surface area contributed by atoms with Crippen LogP contribution in [0.15, 0.2) is 17.2 Å². The Labute approximate surface area is 104 Å². The van der Waals surface area contributed by atoms with E-state index in [4.69, 9.17) is 5.73 Å². The lowest BCUT2D eigenvalue weighted by atomic mass is 10.3. The van der Waals surface area contributed by atoms with Crippen molar-refractivity contribution in [1.82, 2.24) is 9.55 Å². The number of hydrogen-bond donors (Lipinski definition) is 1. The van der Waals surface area contributed by atoms with Crippen molar-refractivity contribution in [3.8, 4) is 0 Å². The number of alkyl halides is 2. The molecule has 0 aliphatic carbocycles. The van der Waals surface area contributed by atoms with Crippen molar-refractivity contribution in [2.75, 3.05) is 24.5 Å². The van der Waals surface area contributed by atoms with Crippen LogP contribution in [-0.2, 0) is 0 Å². The fourth-order valence-electron chi connectivity index (χ4n) is 1.64. The summed E-state index contributed by atoms with van der Waals surface area (Å²) in [5, 5.41) is 0. The minimum atomic E-state index is -2.54. The normalized spacial score (nSPS) is 11.3. The van der Waals surface area contributed by atoms with E-state index in [1.54, 1.807) is 6.20 Å². The van der Waals surface area contributed by atoms with Crippen LogP contribution in [0.4, 0.5) is 14.6 Å². The van der Waals surface area contributed by atoms with Gasteiger partial charge in [0.25, 0.3) is 12.0 Å². The summed E-state index contributed by atoms with van der Waals surface area (Å²) >= 11 is 0. The minimum Gasteiger partial charge on any atom is -0.345 e. The third-order valence-electron chi connectivity index (χ3n) is 2.46. The number of aromatic nitrogens is 2. The van der Waals surface area contributed by atoms with Crippen molar-refractivity contribution in [1.29, 1.82) is 0 Å². The van der Waals surface area contributed by atoms with E-state index in [2.05, 4.69) is 4.98 Å². The maximum atomic E-state index is 12.5. The molecule has 1 heterocycles. The Morgan fingerprint density at radius 3 is 2.67 bits per heavy atom. The summed E-state index contributed by atoms with van der Waals surface area (Å²) in [6.07, 6.45) is 0.441. The number of nitrogens with two attached hydrogens (primary N) is 1. The van der Waals surface area contributed by atoms with Gasteiger partial charge in [-0.3, -0.25) is 4.79 Å². The Kier molecular flexibility index (Phi) is 5.21. The van der Waals surface area contributed by atoms with Crippen LogP contribution in [0.3, 0.4) is 0 Å². The zero-order chi connectivity index (χ0) is 13.7. The molecule has 18 heavy (non-hydrogen) atoms. The van der Waals surface area contributed by atoms with Gasteiger partial charge in [-0.05, 0) is 13.8 Å². The van der Waals surface area contributed by atoms with Crippen molar-refractivity contribution in [2.45, 2.75) is 26.3 Å². The topological polar surface area (TPSA) is 64.2 Å². The highest BCUT2D eigenvalue weighted by Crippen LogP contribution is 2.08. The highest BCUT2D eigenvalue weighted by atomic mass is 19.3. The molecule has 0 unspecified atom stereocenters. The van der Waals surface area contributed by atoms with Gasteiger partial charge in [0.2, 0.25) is 0 Å². The third kappa shape index (κ3) is 3.49. The van der Waals surface area contributed by atoms with Crippen LogP contribution in [0.25, 0.3) is 0 Å². The first-order valence-electron chi connectivity index (χ1n) is 5.77. The Balaban J connectivity index is 3.12. The first-order valence-corrected chi connectivity index (χ1v) is 5.77. The molecule has 0 fully saturated rings. The van der Waals surface area contributed by atoms with E-state index >= 15 is 0 Å². The molecule has 5 nitrogen and oxygen atoms in total. The van der Waals surface area contributed by atoms with E-state index in [0.29, 0.717) is 0 Å². The van der Waals surface area contributed by atoms with Crippen molar-refractivity contribution in [2.24, 2.45) is 5.73 Å². The molecule has 0 spiro atoms. The molecule has 0 amide bonds.